The van der Waals surface area contributed by atoms with Crippen LogP contribution in [0.4, 0.5) is 13.2 Å². The van der Waals surface area contributed by atoms with Crippen LogP contribution >= 0.6 is 11.8 Å². The molecule has 2 unspecified atom stereocenters. The van der Waals surface area contributed by atoms with Crippen LogP contribution < -0.4 is 25.4 Å². The van der Waals surface area contributed by atoms with E-state index in [-0.39, 0.29) is 28.0 Å². The molecule has 1 aromatic heterocycles. The van der Waals surface area contributed by atoms with Gasteiger partial charge in [-0.3, -0.25) is 0 Å². The summed E-state index contributed by atoms with van der Waals surface area (Å²) in [7, 11) is 1.90. The average Bonchev–Trinajstić information content (AvgIpc) is 3.65. The summed E-state index contributed by atoms with van der Waals surface area (Å²) < 4.78 is 56.9. The second kappa shape index (κ2) is 10.3. The van der Waals surface area contributed by atoms with Gasteiger partial charge in [0.15, 0.2) is 11.6 Å². The SMILES string of the molecule is CNCc1cccc2c1OCCC2(C)C1=CNC(c2cc(Oc3c(F)c(F)c4[nH]ccc4c3SC)ccc2F)N1. The highest BCUT2D eigenvalue weighted by atomic mass is 32.2. The summed E-state index contributed by atoms with van der Waals surface area (Å²) in [5.41, 5.74) is 3.03. The van der Waals surface area contributed by atoms with Gasteiger partial charge < -0.3 is 30.4 Å². The van der Waals surface area contributed by atoms with E-state index in [9.17, 15) is 4.39 Å². The van der Waals surface area contributed by atoms with E-state index in [0.29, 0.717) is 23.4 Å². The predicted molar refractivity (Wildman–Crippen MR) is 150 cm³/mol. The number of hydrogen-bond donors (Lipinski definition) is 4. The van der Waals surface area contributed by atoms with Crippen molar-refractivity contribution in [1.82, 2.24) is 20.9 Å². The second-order valence-corrected chi connectivity index (χ2v) is 10.9. The first kappa shape index (κ1) is 26.5. The molecule has 2 aliphatic rings. The number of H-pyrrole nitrogens is 1. The Morgan fingerprint density at radius 1 is 1.15 bits per heavy atom. The lowest BCUT2D eigenvalue weighted by atomic mass is 9.74. The van der Waals surface area contributed by atoms with Crippen LogP contribution in [0.5, 0.6) is 17.2 Å². The zero-order chi connectivity index (χ0) is 28.0. The number of fused-ring (bicyclic) bond motifs is 2. The summed E-state index contributed by atoms with van der Waals surface area (Å²) in [5.74, 6) is -1.75. The van der Waals surface area contributed by atoms with E-state index in [4.69, 9.17) is 9.47 Å². The summed E-state index contributed by atoms with van der Waals surface area (Å²) in [4.78, 5) is 3.18. The Labute approximate surface area is 234 Å². The normalized spacial score (nSPS) is 19.9. The molecule has 0 bridgehead atoms. The summed E-state index contributed by atoms with van der Waals surface area (Å²) in [5, 5.41) is 10.4. The minimum Gasteiger partial charge on any atom is -0.493 e. The minimum atomic E-state index is -1.10. The molecule has 2 aliphatic heterocycles. The van der Waals surface area contributed by atoms with Crippen molar-refractivity contribution in [3.8, 4) is 17.2 Å². The number of benzene rings is 3. The quantitative estimate of drug-likeness (QED) is 0.189. The van der Waals surface area contributed by atoms with Crippen LogP contribution in [-0.2, 0) is 12.0 Å². The molecule has 6 nitrogen and oxygen atoms in total. The van der Waals surface area contributed by atoms with E-state index in [1.165, 1.54) is 30.0 Å². The largest absolute Gasteiger partial charge is 0.493 e. The van der Waals surface area contributed by atoms with Crippen LogP contribution in [0.2, 0.25) is 0 Å². The smallest absolute Gasteiger partial charge is 0.204 e. The summed E-state index contributed by atoms with van der Waals surface area (Å²) in [6, 6.07) is 12.0. The predicted octanol–water partition coefficient (Wildman–Crippen LogP) is 6.59. The fourth-order valence-electron chi connectivity index (χ4n) is 5.57. The standard InChI is InChI=1S/C30H29F3N4O2S/c1-30(10-12-38-26-16(14-34-2)5-4-6-20(26)30)22-15-36-29(37-22)19-13-17(7-8-21(19)31)39-27-24(33)23(32)25-18(9-11-35-25)28(27)40-3/h4-9,11,13,15,29,34-37H,10,12,14H2,1-3H3. The van der Waals surface area contributed by atoms with Crippen molar-refractivity contribution < 1.29 is 22.6 Å². The first-order valence-electron chi connectivity index (χ1n) is 13.0. The van der Waals surface area contributed by atoms with E-state index in [1.807, 2.05) is 25.4 Å². The molecule has 0 saturated heterocycles. The minimum absolute atomic E-state index is 0.0770. The number of thioether (sulfide) groups is 1. The lowest BCUT2D eigenvalue weighted by molar-refractivity contribution is 0.234. The van der Waals surface area contributed by atoms with Gasteiger partial charge in [-0.1, -0.05) is 18.2 Å². The number of nitrogens with one attached hydrogen (secondary N) is 4. The van der Waals surface area contributed by atoms with Gasteiger partial charge >= 0.3 is 0 Å². The molecule has 3 aromatic carbocycles. The highest BCUT2D eigenvalue weighted by Crippen LogP contribution is 2.46. The molecule has 0 radical (unpaired) electrons. The lowest BCUT2D eigenvalue weighted by Crippen LogP contribution is -2.37. The van der Waals surface area contributed by atoms with E-state index < -0.39 is 23.6 Å². The molecule has 0 spiro atoms. The number of aromatic amines is 1. The van der Waals surface area contributed by atoms with Gasteiger partial charge in [-0.25, -0.2) is 8.78 Å². The first-order valence-corrected chi connectivity index (χ1v) is 14.2. The van der Waals surface area contributed by atoms with E-state index in [0.717, 1.165) is 29.0 Å². The maximum atomic E-state index is 15.1. The van der Waals surface area contributed by atoms with Gasteiger partial charge in [0.1, 0.15) is 23.5 Å². The molecule has 2 atom stereocenters. The lowest BCUT2D eigenvalue weighted by Gasteiger charge is -2.38. The first-order chi connectivity index (χ1) is 19.4. The number of hydrogen-bond acceptors (Lipinski definition) is 6. The molecular formula is C30H29F3N4O2S. The Hall–Kier alpha value is -3.76. The number of para-hydroxylation sites is 1. The van der Waals surface area contributed by atoms with Gasteiger partial charge in [-0.2, -0.15) is 4.39 Å². The van der Waals surface area contributed by atoms with Crippen molar-refractivity contribution >= 4 is 22.7 Å². The second-order valence-electron chi connectivity index (χ2n) is 10.1. The van der Waals surface area contributed by atoms with Gasteiger partial charge in [0.25, 0.3) is 0 Å². The number of aromatic nitrogens is 1. The molecule has 3 heterocycles. The van der Waals surface area contributed by atoms with E-state index in [1.54, 1.807) is 18.5 Å². The Kier molecular flexibility index (Phi) is 6.83. The molecule has 4 N–H and O–H groups in total. The van der Waals surface area contributed by atoms with Gasteiger partial charge in [-0.05, 0) is 50.9 Å². The van der Waals surface area contributed by atoms with E-state index in [2.05, 4.69) is 33.9 Å². The Balaban J connectivity index is 1.29. The third kappa shape index (κ3) is 4.26. The highest BCUT2D eigenvalue weighted by Gasteiger charge is 2.40. The Morgan fingerprint density at radius 2 is 2.00 bits per heavy atom. The molecule has 40 heavy (non-hydrogen) atoms. The number of rotatable bonds is 7. The van der Waals surface area contributed by atoms with Crippen LogP contribution in [0.25, 0.3) is 10.9 Å². The zero-order valence-electron chi connectivity index (χ0n) is 22.3. The molecular weight excluding hydrogens is 537 g/mol. The Bertz CT molecular complexity index is 1640. The summed E-state index contributed by atoms with van der Waals surface area (Å²) in [6.45, 7) is 3.38. The van der Waals surface area contributed by atoms with E-state index >= 15 is 8.78 Å². The number of halogens is 3. The maximum absolute atomic E-state index is 15.1. The van der Waals surface area contributed by atoms with Crippen LogP contribution in [0, 0.1) is 17.5 Å². The molecule has 0 aliphatic carbocycles. The van der Waals surface area contributed by atoms with Crippen molar-refractivity contribution in [3.63, 3.8) is 0 Å². The fourth-order valence-corrected chi connectivity index (χ4v) is 6.28. The molecule has 0 saturated carbocycles. The van der Waals surface area contributed by atoms with Crippen LogP contribution in [0.1, 0.15) is 36.2 Å². The summed E-state index contributed by atoms with van der Waals surface area (Å²) >= 11 is 1.25. The van der Waals surface area contributed by atoms with Crippen molar-refractivity contribution in [2.75, 3.05) is 19.9 Å². The molecule has 10 heteroatoms. The summed E-state index contributed by atoms with van der Waals surface area (Å²) in [6.07, 6.45) is 5.34. The molecule has 6 rings (SSSR count). The number of allylic oxidation sites excluding steroid dienone is 1. The third-order valence-corrected chi connectivity index (χ3v) is 8.52. The molecule has 4 aromatic rings. The van der Waals surface area contributed by atoms with Gasteiger partial charge in [0.2, 0.25) is 5.82 Å². The third-order valence-electron chi connectivity index (χ3n) is 7.71. The van der Waals surface area contributed by atoms with Crippen molar-refractivity contribution in [2.24, 2.45) is 0 Å². The molecule has 0 amide bonds. The van der Waals surface area contributed by atoms with Crippen LogP contribution in [0.15, 0.2) is 65.5 Å². The molecule has 208 valence electrons. The van der Waals surface area contributed by atoms with Gasteiger partial charge in [0, 0.05) is 52.1 Å². The average molecular weight is 567 g/mol. The van der Waals surface area contributed by atoms with Crippen molar-refractivity contribution in [3.05, 3.63) is 94.7 Å². The fraction of sp³-hybridized carbons (Fsp3) is 0.267. The molecule has 0 fully saturated rings. The highest BCUT2D eigenvalue weighted by molar-refractivity contribution is 7.99. The zero-order valence-corrected chi connectivity index (χ0v) is 23.1. The Morgan fingerprint density at radius 3 is 2.80 bits per heavy atom. The van der Waals surface area contributed by atoms with Gasteiger partial charge in [0.05, 0.1) is 17.0 Å². The van der Waals surface area contributed by atoms with Crippen LogP contribution in [-0.4, -0.2) is 24.9 Å². The monoisotopic (exact) mass is 566 g/mol. The topological polar surface area (TPSA) is 70.3 Å². The van der Waals surface area contributed by atoms with Crippen molar-refractivity contribution in [2.45, 2.75) is 36.4 Å². The van der Waals surface area contributed by atoms with Gasteiger partial charge in [-0.15, -0.1) is 11.8 Å². The maximum Gasteiger partial charge on any atom is 0.204 e. The van der Waals surface area contributed by atoms with Crippen LogP contribution in [0.3, 0.4) is 0 Å². The number of ether oxygens (including phenoxy) is 2. The van der Waals surface area contributed by atoms with Crippen molar-refractivity contribution in [1.29, 1.82) is 0 Å².